The van der Waals surface area contributed by atoms with Gasteiger partial charge in [0.15, 0.2) is 0 Å². The molecule has 1 atom stereocenters. The summed E-state index contributed by atoms with van der Waals surface area (Å²) in [6, 6.07) is 6.09. The normalized spacial score (nSPS) is 19.1. The first kappa shape index (κ1) is 13.2. The van der Waals surface area contributed by atoms with Crippen LogP contribution in [0.3, 0.4) is 0 Å². The fraction of sp³-hybridized carbons (Fsp3) is 0.571. The molecule has 1 aromatic carbocycles. The van der Waals surface area contributed by atoms with Gasteiger partial charge in [0.1, 0.15) is 0 Å². The Morgan fingerprint density at radius 2 is 2.06 bits per heavy atom. The number of benzene rings is 1. The van der Waals surface area contributed by atoms with Crippen molar-refractivity contribution in [2.75, 3.05) is 6.54 Å². The average Bonchev–Trinajstić information content (AvgIpc) is 3.00. The van der Waals surface area contributed by atoms with Crippen molar-refractivity contribution >= 4 is 23.2 Å². The van der Waals surface area contributed by atoms with Crippen LogP contribution in [0.1, 0.15) is 44.7 Å². The van der Waals surface area contributed by atoms with Crippen LogP contribution in [-0.4, -0.2) is 6.54 Å². The van der Waals surface area contributed by atoms with Gasteiger partial charge >= 0.3 is 0 Å². The Hall–Kier alpha value is -0.240. The maximum absolute atomic E-state index is 6.24. The molecule has 1 N–H and O–H groups in total. The van der Waals surface area contributed by atoms with Crippen LogP contribution < -0.4 is 5.32 Å². The highest BCUT2D eigenvalue weighted by Gasteiger charge is 2.37. The van der Waals surface area contributed by atoms with E-state index in [4.69, 9.17) is 23.2 Å². The SMILES string of the molecule is CCC(NCC1(C)CC1)c1ccc(Cl)cc1Cl. The standard InChI is InChI=1S/C14H19Cl2N/c1-3-13(17-9-14(2)6-7-14)11-5-4-10(15)8-12(11)16/h4-5,8,13,17H,3,6-7,9H2,1-2H3. The Kier molecular flexibility index (Phi) is 4.02. The third-order valence-electron chi connectivity index (χ3n) is 3.62. The van der Waals surface area contributed by atoms with E-state index in [9.17, 15) is 0 Å². The van der Waals surface area contributed by atoms with Gasteiger partial charge in [-0.05, 0) is 42.4 Å². The van der Waals surface area contributed by atoms with Gasteiger partial charge in [0.2, 0.25) is 0 Å². The summed E-state index contributed by atoms with van der Waals surface area (Å²) < 4.78 is 0. The molecular formula is C14H19Cl2N. The van der Waals surface area contributed by atoms with E-state index >= 15 is 0 Å². The minimum atomic E-state index is 0.331. The van der Waals surface area contributed by atoms with Crippen LogP contribution in [-0.2, 0) is 0 Å². The second kappa shape index (κ2) is 5.17. The lowest BCUT2D eigenvalue weighted by Gasteiger charge is -2.21. The summed E-state index contributed by atoms with van der Waals surface area (Å²) in [4.78, 5) is 0. The Labute approximate surface area is 114 Å². The molecule has 1 aliphatic carbocycles. The molecule has 0 radical (unpaired) electrons. The summed E-state index contributed by atoms with van der Waals surface area (Å²) in [6.45, 7) is 5.58. The zero-order valence-corrected chi connectivity index (χ0v) is 11.9. The summed E-state index contributed by atoms with van der Waals surface area (Å²) >= 11 is 12.2. The lowest BCUT2D eigenvalue weighted by Crippen LogP contribution is -2.26. The smallest absolute Gasteiger partial charge is 0.0468 e. The highest BCUT2D eigenvalue weighted by atomic mass is 35.5. The molecule has 0 amide bonds. The van der Waals surface area contributed by atoms with Crippen molar-refractivity contribution < 1.29 is 0 Å². The van der Waals surface area contributed by atoms with Crippen LogP contribution in [0, 0.1) is 5.41 Å². The first-order chi connectivity index (χ1) is 8.04. The van der Waals surface area contributed by atoms with E-state index in [2.05, 4.69) is 19.2 Å². The average molecular weight is 272 g/mol. The summed E-state index contributed by atoms with van der Waals surface area (Å²) in [7, 11) is 0. The molecule has 0 aliphatic heterocycles. The number of hydrogen-bond donors (Lipinski definition) is 1. The molecule has 1 fully saturated rings. The summed E-state index contributed by atoms with van der Waals surface area (Å²) in [6.07, 6.45) is 3.72. The predicted molar refractivity (Wildman–Crippen MR) is 74.8 cm³/mol. The maximum atomic E-state index is 6.24. The summed E-state index contributed by atoms with van der Waals surface area (Å²) in [5.41, 5.74) is 1.68. The quantitative estimate of drug-likeness (QED) is 0.809. The fourth-order valence-electron chi connectivity index (χ4n) is 2.02. The minimum Gasteiger partial charge on any atom is -0.309 e. The van der Waals surface area contributed by atoms with Gasteiger partial charge in [-0.25, -0.2) is 0 Å². The first-order valence-electron chi connectivity index (χ1n) is 6.22. The lowest BCUT2D eigenvalue weighted by molar-refractivity contribution is 0.433. The van der Waals surface area contributed by atoms with E-state index in [0.29, 0.717) is 16.5 Å². The van der Waals surface area contributed by atoms with Gasteiger partial charge in [-0.1, -0.05) is 43.1 Å². The molecule has 0 spiro atoms. The Bertz CT molecular complexity index is 399. The third-order valence-corrected chi connectivity index (χ3v) is 4.19. The van der Waals surface area contributed by atoms with E-state index in [1.165, 1.54) is 12.8 Å². The molecule has 0 bridgehead atoms. The predicted octanol–water partition coefficient (Wildman–Crippen LogP) is 4.83. The van der Waals surface area contributed by atoms with Crippen molar-refractivity contribution in [1.29, 1.82) is 0 Å². The van der Waals surface area contributed by atoms with E-state index in [1.54, 1.807) is 0 Å². The van der Waals surface area contributed by atoms with Crippen molar-refractivity contribution in [2.24, 2.45) is 5.41 Å². The van der Waals surface area contributed by atoms with E-state index < -0.39 is 0 Å². The molecule has 17 heavy (non-hydrogen) atoms. The van der Waals surface area contributed by atoms with Crippen LogP contribution in [0.15, 0.2) is 18.2 Å². The molecule has 0 saturated heterocycles. The zero-order chi connectivity index (χ0) is 12.5. The van der Waals surface area contributed by atoms with Crippen molar-refractivity contribution in [3.8, 4) is 0 Å². The van der Waals surface area contributed by atoms with E-state index in [-0.39, 0.29) is 0 Å². The lowest BCUT2D eigenvalue weighted by atomic mass is 10.0. The molecule has 1 nitrogen and oxygen atoms in total. The molecule has 0 aromatic heterocycles. The van der Waals surface area contributed by atoms with Gasteiger partial charge in [-0.3, -0.25) is 0 Å². The van der Waals surface area contributed by atoms with Crippen molar-refractivity contribution in [2.45, 2.75) is 39.2 Å². The van der Waals surface area contributed by atoms with Crippen LogP contribution in [0.5, 0.6) is 0 Å². The highest BCUT2D eigenvalue weighted by molar-refractivity contribution is 6.35. The zero-order valence-electron chi connectivity index (χ0n) is 10.4. The van der Waals surface area contributed by atoms with Crippen molar-refractivity contribution in [3.63, 3.8) is 0 Å². The monoisotopic (exact) mass is 271 g/mol. The van der Waals surface area contributed by atoms with Crippen LogP contribution >= 0.6 is 23.2 Å². The van der Waals surface area contributed by atoms with Crippen LogP contribution in [0.4, 0.5) is 0 Å². The number of halogens is 2. The highest BCUT2D eigenvalue weighted by Crippen LogP contribution is 2.44. The van der Waals surface area contributed by atoms with Crippen LogP contribution in [0.2, 0.25) is 10.0 Å². The molecular weight excluding hydrogens is 253 g/mol. The van der Waals surface area contributed by atoms with Gasteiger partial charge in [0.05, 0.1) is 0 Å². The van der Waals surface area contributed by atoms with Crippen molar-refractivity contribution in [3.05, 3.63) is 33.8 Å². The maximum Gasteiger partial charge on any atom is 0.0468 e. The molecule has 1 aromatic rings. The minimum absolute atomic E-state index is 0.331. The summed E-state index contributed by atoms with van der Waals surface area (Å²) in [5.74, 6) is 0. The number of hydrogen-bond acceptors (Lipinski definition) is 1. The molecule has 2 rings (SSSR count). The van der Waals surface area contributed by atoms with Gasteiger partial charge in [0, 0.05) is 22.6 Å². The second-order valence-electron chi connectivity index (χ2n) is 5.32. The van der Waals surface area contributed by atoms with Gasteiger partial charge in [0.25, 0.3) is 0 Å². The molecule has 94 valence electrons. The first-order valence-corrected chi connectivity index (χ1v) is 6.98. The molecule has 3 heteroatoms. The second-order valence-corrected chi connectivity index (χ2v) is 6.16. The molecule has 1 unspecified atom stereocenters. The van der Waals surface area contributed by atoms with Crippen LogP contribution in [0.25, 0.3) is 0 Å². The molecule has 1 aliphatic rings. The fourth-order valence-corrected chi connectivity index (χ4v) is 2.56. The van der Waals surface area contributed by atoms with Gasteiger partial charge in [-0.15, -0.1) is 0 Å². The Morgan fingerprint density at radius 3 is 2.59 bits per heavy atom. The summed E-state index contributed by atoms with van der Waals surface area (Å²) in [5, 5.41) is 5.08. The van der Waals surface area contributed by atoms with Crippen molar-refractivity contribution in [1.82, 2.24) is 5.32 Å². The number of rotatable bonds is 5. The van der Waals surface area contributed by atoms with Gasteiger partial charge < -0.3 is 5.32 Å². The van der Waals surface area contributed by atoms with Gasteiger partial charge in [-0.2, -0.15) is 0 Å². The Morgan fingerprint density at radius 1 is 1.35 bits per heavy atom. The molecule has 1 saturated carbocycles. The largest absolute Gasteiger partial charge is 0.309 e. The Balaban J connectivity index is 2.05. The van der Waals surface area contributed by atoms with E-state index in [0.717, 1.165) is 23.6 Å². The third kappa shape index (κ3) is 3.37. The topological polar surface area (TPSA) is 12.0 Å². The number of nitrogens with one attached hydrogen (secondary N) is 1. The van der Waals surface area contributed by atoms with E-state index in [1.807, 2.05) is 18.2 Å². The molecule has 0 heterocycles.